The van der Waals surface area contributed by atoms with Crippen molar-refractivity contribution in [2.24, 2.45) is 5.92 Å². The Kier molecular flexibility index (Phi) is 7.73. The molecule has 2 unspecified atom stereocenters. The lowest BCUT2D eigenvalue weighted by molar-refractivity contribution is -0.116. The normalized spacial score (nSPS) is 13.4. The topological polar surface area (TPSA) is 82.3 Å². The van der Waals surface area contributed by atoms with E-state index < -0.39 is 0 Å². The molecule has 0 aliphatic rings. The largest absolute Gasteiger partial charge is 0.479 e. The zero-order valence-electron chi connectivity index (χ0n) is 13.0. The Morgan fingerprint density at radius 1 is 1.41 bits per heavy atom. The Balaban J connectivity index is 2.40. The highest BCUT2D eigenvalue weighted by atomic mass is 16.5. The van der Waals surface area contributed by atoms with Gasteiger partial charge in [0, 0.05) is 12.6 Å². The number of carbonyl (C=O) groups excluding carboxylic acids is 1. The lowest BCUT2D eigenvalue weighted by atomic mass is 10.0. The molecule has 22 heavy (non-hydrogen) atoms. The van der Waals surface area contributed by atoms with E-state index in [-0.39, 0.29) is 24.5 Å². The third-order valence-electron chi connectivity index (χ3n) is 2.98. The smallest absolute Gasteiger partial charge is 0.244 e. The number of nitrogens with zero attached hydrogens (tertiary/aromatic N) is 1. The van der Waals surface area contributed by atoms with Crippen LogP contribution in [0.15, 0.2) is 30.3 Å². The van der Waals surface area contributed by atoms with E-state index in [9.17, 15) is 9.90 Å². The van der Waals surface area contributed by atoms with E-state index in [1.165, 1.54) is 6.08 Å². The first-order valence-corrected chi connectivity index (χ1v) is 7.25. The maximum atomic E-state index is 11.7. The molecule has 0 spiro atoms. The lowest BCUT2D eigenvalue weighted by Crippen LogP contribution is -2.27. The van der Waals surface area contributed by atoms with Crippen LogP contribution in [0.5, 0.6) is 5.75 Å². The van der Waals surface area contributed by atoms with Gasteiger partial charge in [-0.25, -0.2) is 0 Å². The molecule has 0 radical (unpaired) electrons. The summed E-state index contributed by atoms with van der Waals surface area (Å²) in [6.45, 7) is 4.27. The second-order valence-electron chi connectivity index (χ2n) is 5.28. The Hall–Kier alpha value is -2.32. The Morgan fingerprint density at radius 2 is 2.09 bits per heavy atom. The fourth-order valence-corrected chi connectivity index (χ4v) is 1.96. The van der Waals surface area contributed by atoms with Gasteiger partial charge in [-0.3, -0.25) is 4.79 Å². The minimum absolute atomic E-state index is 0.0161. The van der Waals surface area contributed by atoms with E-state index >= 15 is 0 Å². The molecule has 5 nitrogen and oxygen atoms in total. The van der Waals surface area contributed by atoms with Gasteiger partial charge >= 0.3 is 0 Å². The van der Waals surface area contributed by atoms with Crippen LogP contribution in [0.1, 0.15) is 25.8 Å². The number of aliphatic hydroxyl groups is 1. The minimum atomic E-state index is -0.357. The highest BCUT2D eigenvalue weighted by molar-refractivity contribution is 5.91. The summed E-state index contributed by atoms with van der Waals surface area (Å²) in [7, 11) is 0. The third-order valence-corrected chi connectivity index (χ3v) is 2.98. The van der Waals surface area contributed by atoms with Crippen LogP contribution in [0.25, 0.3) is 6.08 Å². The summed E-state index contributed by atoms with van der Waals surface area (Å²) in [5, 5.41) is 20.5. The number of ether oxygens (including phenoxy) is 1. The molecule has 1 rings (SSSR count). The number of amides is 1. The summed E-state index contributed by atoms with van der Waals surface area (Å²) in [5.74, 6) is 0.686. The second kappa shape index (κ2) is 9.59. The van der Waals surface area contributed by atoms with Gasteiger partial charge in [-0.2, -0.15) is 5.26 Å². The molecule has 1 aromatic carbocycles. The van der Waals surface area contributed by atoms with Gasteiger partial charge in [-0.05, 0) is 43.0 Å². The zero-order chi connectivity index (χ0) is 16.4. The van der Waals surface area contributed by atoms with Crippen LogP contribution >= 0.6 is 0 Å². The third kappa shape index (κ3) is 7.46. The summed E-state index contributed by atoms with van der Waals surface area (Å²) in [6.07, 6.45) is 3.49. The summed E-state index contributed by atoms with van der Waals surface area (Å²) in [4.78, 5) is 11.7. The molecule has 0 fully saturated rings. The maximum absolute atomic E-state index is 11.7. The summed E-state index contributed by atoms with van der Waals surface area (Å²) < 4.78 is 5.15. The molecule has 118 valence electrons. The van der Waals surface area contributed by atoms with Crippen LogP contribution in [0.3, 0.4) is 0 Å². The zero-order valence-corrected chi connectivity index (χ0v) is 13.0. The molecule has 1 amide bonds. The number of rotatable bonds is 8. The summed E-state index contributed by atoms with van der Waals surface area (Å²) in [6, 6.07) is 9.02. The van der Waals surface area contributed by atoms with Gasteiger partial charge in [0.1, 0.15) is 11.8 Å². The number of nitrogens with one attached hydrogen (secondary N) is 1. The van der Waals surface area contributed by atoms with Crippen molar-refractivity contribution in [2.75, 3.05) is 13.2 Å². The average Bonchev–Trinajstić information content (AvgIpc) is 2.49. The molecular weight excluding hydrogens is 280 g/mol. The molecule has 2 N–H and O–H groups in total. The van der Waals surface area contributed by atoms with Crippen LogP contribution in [-0.4, -0.2) is 30.3 Å². The SMILES string of the molecule is CC(O)CC(C)CNC(=O)C=Cc1ccc(OCC#N)cc1. The first-order valence-electron chi connectivity index (χ1n) is 7.25. The molecule has 1 aromatic rings. The predicted molar refractivity (Wildman–Crippen MR) is 85.1 cm³/mol. The molecule has 0 aliphatic carbocycles. The van der Waals surface area contributed by atoms with Gasteiger partial charge in [0.05, 0.1) is 6.10 Å². The molecule has 0 bridgehead atoms. The second-order valence-corrected chi connectivity index (χ2v) is 5.28. The highest BCUT2D eigenvalue weighted by Crippen LogP contribution is 2.13. The molecule has 2 atom stereocenters. The quantitative estimate of drug-likeness (QED) is 0.721. The summed E-state index contributed by atoms with van der Waals surface area (Å²) >= 11 is 0. The van der Waals surface area contributed by atoms with Crippen molar-refractivity contribution in [2.45, 2.75) is 26.4 Å². The van der Waals surface area contributed by atoms with Crippen LogP contribution in [0.2, 0.25) is 0 Å². The van der Waals surface area contributed by atoms with Crippen molar-refractivity contribution < 1.29 is 14.6 Å². The van der Waals surface area contributed by atoms with Gasteiger partial charge < -0.3 is 15.2 Å². The van der Waals surface area contributed by atoms with E-state index in [0.29, 0.717) is 18.7 Å². The van der Waals surface area contributed by atoms with Crippen LogP contribution in [-0.2, 0) is 4.79 Å². The van der Waals surface area contributed by atoms with Crippen LogP contribution in [0.4, 0.5) is 0 Å². The first kappa shape index (κ1) is 17.7. The Bertz CT molecular complexity index is 530. The van der Waals surface area contributed by atoms with Crippen LogP contribution < -0.4 is 10.1 Å². The predicted octanol–water partition coefficient (Wildman–Crippen LogP) is 2.13. The average molecular weight is 302 g/mol. The molecule has 0 saturated heterocycles. The maximum Gasteiger partial charge on any atom is 0.244 e. The van der Waals surface area contributed by atoms with Crippen molar-refractivity contribution in [1.82, 2.24) is 5.32 Å². The molecule has 0 aromatic heterocycles. The van der Waals surface area contributed by atoms with E-state index in [2.05, 4.69) is 5.32 Å². The van der Waals surface area contributed by atoms with Crippen molar-refractivity contribution >= 4 is 12.0 Å². The first-order chi connectivity index (χ1) is 10.5. The number of hydrogen-bond donors (Lipinski definition) is 2. The molecule has 5 heteroatoms. The van der Waals surface area contributed by atoms with Gasteiger partial charge in [0.2, 0.25) is 5.91 Å². The van der Waals surface area contributed by atoms with Gasteiger partial charge in [-0.1, -0.05) is 19.1 Å². The van der Waals surface area contributed by atoms with E-state index in [0.717, 1.165) is 5.56 Å². The van der Waals surface area contributed by atoms with Crippen molar-refractivity contribution in [1.29, 1.82) is 5.26 Å². The van der Waals surface area contributed by atoms with E-state index in [1.807, 2.05) is 25.1 Å². The fraction of sp³-hybridized carbons (Fsp3) is 0.412. The summed E-state index contributed by atoms with van der Waals surface area (Å²) in [5.41, 5.74) is 0.872. The molecular formula is C17H22N2O3. The number of nitriles is 1. The molecule has 0 saturated carbocycles. The van der Waals surface area contributed by atoms with Crippen LogP contribution in [0, 0.1) is 17.2 Å². The van der Waals surface area contributed by atoms with Gasteiger partial charge in [-0.15, -0.1) is 0 Å². The standard InChI is InChI=1S/C17H22N2O3/c1-13(11-14(2)20)12-19-17(21)8-5-15-3-6-16(7-4-15)22-10-9-18/h3-8,13-14,20H,10-12H2,1-2H3,(H,19,21). The lowest BCUT2D eigenvalue weighted by Gasteiger charge is -2.13. The fourth-order valence-electron chi connectivity index (χ4n) is 1.96. The highest BCUT2D eigenvalue weighted by Gasteiger charge is 2.06. The minimum Gasteiger partial charge on any atom is -0.479 e. The Labute approximate surface area is 131 Å². The van der Waals surface area contributed by atoms with Crippen molar-refractivity contribution in [3.05, 3.63) is 35.9 Å². The van der Waals surface area contributed by atoms with E-state index in [1.54, 1.807) is 25.1 Å². The molecule has 0 aliphatic heterocycles. The number of carbonyl (C=O) groups is 1. The number of hydrogen-bond acceptors (Lipinski definition) is 4. The molecule has 0 heterocycles. The van der Waals surface area contributed by atoms with Gasteiger partial charge in [0.25, 0.3) is 0 Å². The monoisotopic (exact) mass is 302 g/mol. The van der Waals surface area contributed by atoms with Crippen molar-refractivity contribution in [3.8, 4) is 11.8 Å². The number of aliphatic hydroxyl groups excluding tert-OH is 1. The van der Waals surface area contributed by atoms with Crippen molar-refractivity contribution in [3.63, 3.8) is 0 Å². The number of benzene rings is 1. The van der Waals surface area contributed by atoms with E-state index in [4.69, 9.17) is 10.00 Å². The Morgan fingerprint density at radius 3 is 2.68 bits per heavy atom. The van der Waals surface area contributed by atoms with Gasteiger partial charge in [0.15, 0.2) is 6.61 Å².